The fourth-order valence-electron chi connectivity index (χ4n) is 2.11. The van der Waals surface area contributed by atoms with Crippen LogP contribution >= 0.6 is 0 Å². The smallest absolute Gasteiger partial charge is 0.0811 e. The summed E-state index contributed by atoms with van der Waals surface area (Å²) in [5.41, 5.74) is -0.460. The van der Waals surface area contributed by atoms with Crippen molar-refractivity contribution in [1.82, 2.24) is 0 Å². The maximum absolute atomic E-state index is 10.3. The van der Waals surface area contributed by atoms with Crippen molar-refractivity contribution in [3.05, 3.63) is 4.91 Å². The van der Waals surface area contributed by atoms with E-state index in [0.29, 0.717) is 6.54 Å². The lowest BCUT2D eigenvalue weighted by molar-refractivity contribution is 0.0106. The summed E-state index contributed by atoms with van der Waals surface area (Å²) >= 11 is 0. The van der Waals surface area contributed by atoms with E-state index in [0.717, 1.165) is 51.4 Å². The van der Waals surface area contributed by atoms with E-state index in [4.69, 9.17) is 0 Å². The second-order valence-corrected chi connectivity index (χ2v) is 4.39. The van der Waals surface area contributed by atoms with Crippen LogP contribution in [0.1, 0.15) is 65.2 Å². The molecule has 0 saturated heterocycles. The Balaban J connectivity index is 3.69. The van der Waals surface area contributed by atoms with E-state index >= 15 is 0 Å². The van der Waals surface area contributed by atoms with Crippen LogP contribution in [0.3, 0.4) is 0 Å². The molecule has 0 spiro atoms. The lowest BCUT2D eigenvalue weighted by Gasteiger charge is -2.27. The molecule has 0 aromatic carbocycles. The van der Waals surface area contributed by atoms with Gasteiger partial charge in [-0.05, 0) is 25.7 Å². The first-order chi connectivity index (χ1) is 7.18. The predicted molar refractivity (Wildman–Crippen MR) is 63.9 cm³/mol. The van der Waals surface area contributed by atoms with Gasteiger partial charge in [-0.25, -0.2) is 0 Å². The molecule has 0 amide bonds. The van der Waals surface area contributed by atoms with Gasteiger partial charge in [-0.2, -0.15) is 4.91 Å². The molecule has 0 aliphatic rings. The lowest BCUT2D eigenvalue weighted by atomic mass is 9.87. The predicted octanol–water partition coefficient (Wildman–Crippen LogP) is 3.64. The summed E-state index contributed by atoms with van der Waals surface area (Å²) < 4.78 is 0. The average Bonchev–Trinajstić information content (AvgIpc) is 2.18. The van der Waals surface area contributed by atoms with Crippen LogP contribution in [0.4, 0.5) is 0 Å². The second kappa shape index (κ2) is 8.84. The topological polar surface area (TPSA) is 49.7 Å². The summed E-state index contributed by atoms with van der Waals surface area (Å²) in [7, 11) is 0. The molecule has 15 heavy (non-hydrogen) atoms. The van der Waals surface area contributed by atoms with Crippen LogP contribution in [0.5, 0.6) is 0 Å². The van der Waals surface area contributed by atoms with E-state index in [-0.39, 0.29) is 0 Å². The van der Waals surface area contributed by atoms with Gasteiger partial charge < -0.3 is 5.11 Å². The van der Waals surface area contributed by atoms with Crippen molar-refractivity contribution in [3.63, 3.8) is 0 Å². The van der Waals surface area contributed by atoms with Crippen molar-refractivity contribution in [2.75, 3.05) is 6.54 Å². The Morgan fingerprint density at radius 2 is 1.60 bits per heavy atom. The van der Waals surface area contributed by atoms with Crippen LogP contribution in [0, 0.1) is 4.91 Å². The first-order valence-corrected chi connectivity index (χ1v) is 6.20. The van der Waals surface area contributed by atoms with E-state index in [1.54, 1.807) is 0 Å². The molecule has 0 aliphatic heterocycles. The van der Waals surface area contributed by atoms with Gasteiger partial charge in [0.05, 0.1) is 12.1 Å². The van der Waals surface area contributed by atoms with Crippen LogP contribution in [0.2, 0.25) is 0 Å². The molecule has 0 radical (unpaired) electrons. The van der Waals surface area contributed by atoms with Gasteiger partial charge >= 0.3 is 0 Å². The van der Waals surface area contributed by atoms with E-state index in [1.165, 1.54) is 0 Å². The number of nitrogens with zero attached hydrogens (tertiary/aromatic N) is 1. The summed E-state index contributed by atoms with van der Waals surface area (Å²) in [6.07, 6.45) is 7.59. The first-order valence-electron chi connectivity index (χ1n) is 6.20. The highest BCUT2D eigenvalue weighted by atomic mass is 16.3. The molecule has 3 heteroatoms. The van der Waals surface area contributed by atoms with Crippen molar-refractivity contribution < 1.29 is 5.11 Å². The Morgan fingerprint density at radius 3 is 2.07 bits per heavy atom. The molecular weight excluding hydrogens is 190 g/mol. The summed E-state index contributed by atoms with van der Waals surface area (Å²) in [5, 5.41) is 13.1. The third-order valence-corrected chi connectivity index (χ3v) is 2.82. The van der Waals surface area contributed by atoms with Gasteiger partial charge in [-0.1, -0.05) is 44.7 Å². The van der Waals surface area contributed by atoms with E-state index in [2.05, 4.69) is 19.0 Å². The third kappa shape index (κ3) is 7.48. The average molecular weight is 215 g/mol. The number of rotatable bonds is 10. The maximum atomic E-state index is 10.3. The van der Waals surface area contributed by atoms with Crippen molar-refractivity contribution >= 4 is 0 Å². The van der Waals surface area contributed by atoms with Gasteiger partial charge in [0.1, 0.15) is 0 Å². The SMILES string of the molecule is CCCC(O)(CCC)CCCCCN=O. The first kappa shape index (κ1) is 14.6. The number of hydrogen-bond acceptors (Lipinski definition) is 3. The highest BCUT2D eigenvalue weighted by Crippen LogP contribution is 2.25. The summed E-state index contributed by atoms with van der Waals surface area (Å²) in [6.45, 7) is 4.63. The minimum absolute atomic E-state index is 0.417. The molecule has 1 N–H and O–H groups in total. The third-order valence-electron chi connectivity index (χ3n) is 2.82. The number of nitroso groups, excluding NO2 is 1. The fraction of sp³-hybridized carbons (Fsp3) is 1.00. The lowest BCUT2D eigenvalue weighted by Crippen LogP contribution is -2.28. The molecular formula is C12H25NO2. The zero-order valence-corrected chi connectivity index (χ0v) is 10.2. The molecule has 0 aliphatic carbocycles. The molecule has 0 aromatic rings. The molecule has 0 rings (SSSR count). The Morgan fingerprint density at radius 1 is 1.00 bits per heavy atom. The molecule has 0 unspecified atom stereocenters. The van der Waals surface area contributed by atoms with Crippen LogP contribution in [-0.2, 0) is 0 Å². The molecule has 0 saturated carbocycles. The Hall–Kier alpha value is -0.440. The normalized spacial score (nSPS) is 11.7. The quantitative estimate of drug-likeness (QED) is 0.446. The van der Waals surface area contributed by atoms with Crippen molar-refractivity contribution in [2.24, 2.45) is 5.18 Å². The minimum Gasteiger partial charge on any atom is -0.390 e. The minimum atomic E-state index is -0.460. The van der Waals surface area contributed by atoms with Crippen LogP contribution in [0.25, 0.3) is 0 Å². The molecule has 0 heterocycles. The number of aliphatic hydroxyl groups is 1. The van der Waals surface area contributed by atoms with E-state index < -0.39 is 5.60 Å². The molecule has 3 nitrogen and oxygen atoms in total. The van der Waals surface area contributed by atoms with Crippen LogP contribution < -0.4 is 0 Å². The molecule has 0 aromatic heterocycles. The molecule has 90 valence electrons. The van der Waals surface area contributed by atoms with Crippen LogP contribution in [0.15, 0.2) is 5.18 Å². The van der Waals surface area contributed by atoms with Gasteiger partial charge in [0.2, 0.25) is 0 Å². The summed E-state index contributed by atoms with van der Waals surface area (Å²) in [4.78, 5) is 9.87. The Kier molecular flexibility index (Phi) is 8.58. The Bertz CT molecular complexity index is 154. The van der Waals surface area contributed by atoms with E-state index in [1.807, 2.05) is 0 Å². The van der Waals surface area contributed by atoms with E-state index in [9.17, 15) is 10.0 Å². The van der Waals surface area contributed by atoms with Gasteiger partial charge in [0.25, 0.3) is 0 Å². The zero-order valence-electron chi connectivity index (χ0n) is 10.2. The van der Waals surface area contributed by atoms with Crippen molar-refractivity contribution in [2.45, 2.75) is 70.8 Å². The zero-order chi connectivity index (χ0) is 11.6. The number of hydrogen-bond donors (Lipinski definition) is 1. The van der Waals surface area contributed by atoms with Gasteiger partial charge in [-0.3, -0.25) is 0 Å². The Labute approximate surface area is 93.2 Å². The monoisotopic (exact) mass is 215 g/mol. The molecule has 0 atom stereocenters. The van der Waals surface area contributed by atoms with Crippen LogP contribution in [-0.4, -0.2) is 17.3 Å². The molecule has 0 fully saturated rings. The maximum Gasteiger partial charge on any atom is 0.0811 e. The summed E-state index contributed by atoms with van der Waals surface area (Å²) in [6, 6.07) is 0. The molecule has 0 bridgehead atoms. The number of unbranched alkanes of at least 4 members (excludes halogenated alkanes) is 2. The second-order valence-electron chi connectivity index (χ2n) is 4.39. The highest BCUT2D eigenvalue weighted by Gasteiger charge is 2.23. The van der Waals surface area contributed by atoms with Crippen molar-refractivity contribution in [1.29, 1.82) is 0 Å². The summed E-state index contributed by atoms with van der Waals surface area (Å²) in [5.74, 6) is 0. The highest BCUT2D eigenvalue weighted by molar-refractivity contribution is 4.77. The standard InChI is InChI=1S/C12H25NO2/c1-3-8-12(14,9-4-2)10-6-5-7-11-13-15/h14H,3-11H2,1-2H3. The largest absolute Gasteiger partial charge is 0.390 e. The van der Waals surface area contributed by atoms with Gasteiger partial charge in [-0.15, -0.1) is 0 Å². The fourth-order valence-corrected chi connectivity index (χ4v) is 2.11. The van der Waals surface area contributed by atoms with Gasteiger partial charge in [0.15, 0.2) is 0 Å². The van der Waals surface area contributed by atoms with Gasteiger partial charge in [0, 0.05) is 0 Å². The van der Waals surface area contributed by atoms with Crippen molar-refractivity contribution in [3.8, 4) is 0 Å².